The van der Waals surface area contributed by atoms with Crippen LogP contribution in [0.25, 0.3) is 21.9 Å². The van der Waals surface area contributed by atoms with Crippen molar-refractivity contribution in [1.29, 1.82) is 0 Å². The molecule has 1 aliphatic heterocycles. The van der Waals surface area contributed by atoms with Gasteiger partial charge in [-0.2, -0.15) is 0 Å². The second-order valence-corrected chi connectivity index (χ2v) is 7.63. The summed E-state index contributed by atoms with van der Waals surface area (Å²) in [5.41, 5.74) is 2.93. The quantitative estimate of drug-likeness (QED) is 0.693. The second-order valence-electron chi connectivity index (χ2n) is 7.63. The van der Waals surface area contributed by atoms with Crippen LogP contribution in [-0.2, 0) is 4.79 Å². The van der Waals surface area contributed by atoms with Gasteiger partial charge in [0.2, 0.25) is 5.91 Å². The molecule has 1 fully saturated rings. The van der Waals surface area contributed by atoms with Gasteiger partial charge in [-0.05, 0) is 34.0 Å². The molecule has 2 amide bonds. The first-order chi connectivity index (χ1) is 13.5. The maximum Gasteiger partial charge on any atom is 0.253 e. The fourth-order valence-corrected chi connectivity index (χ4v) is 4.04. The molecule has 0 aromatic heterocycles. The zero-order valence-electron chi connectivity index (χ0n) is 16.3. The highest BCUT2D eigenvalue weighted by molar-refractivity contribution is 5.98. The van der Waals surface area contributed by atoms with Crippen LogP contribution in [0.3, 0.4) is 0 Å². The van der Waals surface area contributed by atoms with Gasteiger partial charge in [-0.15, -0.1) is 0 Å². The molecule has 4 nitrogen and oxygen atoms in total. The SMILES string of the molecule is CN1CC(CN(C)C(=O)c2ccc(-c3cccc4ccccc34)cc2)CC1=O. The van der Waals surface area contributed by atoms with Crippen molar-refractivity contribution in [3.05, 3.63) is 72.3 Å². The third-order valence-corrected chi connectivity index (χ3v) is 5.53. The molecule has 0 bridgehead atoms. The van der Waals surface area contributed by atoms with E-state index in [1.807, 2.05) is 50.5 Å². The number of hydrogen-bond donors (Lipinski definition) is 0. The van der Waals surface area contributed by atoms with Crippen LogP contribution < -0.4 is 0 Å². The molecule has 28 heavy (non-hydrogen) atoms. The first-order valence-electron chi connectivity index (χ1n) is 9.60. The average Bonchev–Trinajstić information content (AvgIpc) is 3.04. The van der Waals surface area contributed by atoms with Crippen molar-refractivity contribution in [3.8, 4) is 11.1 Å². The van der Waals surface area contributed by atoms with Crippen LogP contribution in [0.2, 0.25) is 0 Å². The minimum absolute atomic E-state index is 0.00790. The number of nitrogens with zero attached hydrogens (tertiary/aromatic N) is 2. The summed E-state index contributed by atoms with van der Waals surface area (Å²) in [6.45, 7) is 1.32. The van der Waals surface area contributed by atoms with E-state index in [2.05, 4.69) is 30.3 Å². The lowest BCUT2D eigenvalue weighted by Gasteiger charge is -2.21. The highest BCUT2D eigenvalue weighted by atomic mass is 16.2. The lowest BCUT2D eigenvalue weighted by atomic mass is 9.97. The monoisotopic (exact) mass is 372 g/mol. The molecule has 142 valence electrons. The molecule has 0 radical (unpaired) electrons. The van der Waals surface area contributed by atoms with Crippen LogP contribution in [0.15, 0.2) is 66.7 Å². The maximum atomic E-state index is 12.8. The normalized spacial score (nSPS) is 16.6. The maximum absolute atomic E-state index is 12.8. The van der Waals surface area contributed by atoms with Crippen LogP contribution >= 0.6 is 0 Å². The van der Waals surface area contributed by atoms with Crippen LogP contribution in [0.1, 0.15) is 16.8 Å². The van der Waals surface area contributed by atoms with Gasteiger partial charge in [0.15, 0.2) is 0 Å². The van der Waals surface area contributed by atoms with Gasteiger partial charge in [-0.3, -0.25) is 9.59 Å². The standard InChI is InChI=1S/C24H24N2O2/c1-25-15-17(14-23(25)27)16-26(2)24(28)20-12-10-19(11-13-20)22-9-5-7-18-6-3-4-8-21(18)22/h3-13,17H,14-16H2,1-2H3. The largest absolute Gasteiger partial charge is 0.345 e. The van der Waals surface area contributed by atoms with Crippen molar-refractivity contribution < 1.29 is 9.59 Å². The van der Waals surface area contributed by atoms with Crippen molar-refractivity contribution >= 4 is 22.6 Å². The summed E-state index contributed by atoms with van der Waals surface area (Å²) in [6.07, 6.45) is 0.522. The predicted octanol–water partition coefficient (Wildman–Crippen LogP) is 4.06. The molecular weight excluding hydrogens is 348 g/mol. The third-order valence-electron chi connectivity index (χ3n) is 5.53. The van der Waals surface area contributed by atoms with E-state index in [-0.39, 0.29) is 17.7 Å². The summed E-state index contributed by atoms with van der Waals surface area (Å²) in [5.74, 6) is 0.359. The topological polar surface area (TPSA) is 40.6 Å². The van der Waals surface area contributed by atoms with Crippen LogP contribution in [0.4, 0.5) is 0 Å². The molecule has 1 heterocycles. The molecule has 3 aromatic carbocycles. The van der Waals surface area contributed by atoms with E-state index in [4.69, 9.17) is 0 Å². The Labute approximate surface area is 165 Å². The Morgan fingerprint density at radius 3 is 2.46 bits per heavy atom. The number of amides is 2. The molecule has 0 saturated carbocycles. The van der Waals surface area contributed by atoms with Crippen molar-refractivity contribution in [2.45, 2.75) is 6.42 Å². The Hall–Kier alpha value is -3.14. The molecular formula is C24H24N2O2. The van der Waals surface area contributed by atoms with Crippen molar-refractivity contribution in [3.63, 3.8) is 0 Å². The summed E-state index contributed by atoms with van der Waals surface area (Å²) in [7, 11) is 3.62. The van der Waals surface area contributed by atoms with Crippen LogP contribution in [0, 0.1) is 5.92 Å². The zero-order chi connectivity index (χ0) is 19.7. The lowest BCUT2D eigenvalue weighted by Crippen LogP contribution is -2.32. The minimum Gasteiger partial charge on any atom is -0.345 e. The average molecular weight is 372 g/mol. The van der Waals surface area contributed by atoms with Gasteiger partial charge in [-0.25, -0.2) is 0 Å². The van der Waals surface area contributed by atoms with Crippen molar-refractivity contribution in [2.24, 2.45) is 5.92 Å². The Morgan fingerprint density at radius 1 is 1.04 bits per heavy atom. The number of likely N-dealkylation sites (tertiary alicyclic amines) is 1. The number of carbonyl (C=O) groups excluding carboxylic acids is 2. The van der Waals surface area contributed by atoms with Gasteiger partial charge < -0.3 is 9.80 Å². The van der Waals surface area contributed by atoms with E-state index in [0.717, 1.165) is 17.7 Å². The number of rotatable bonds is 4. The molecule has 1 saturated heterocycles. The molecule has 0 N–H and O–H groups in total. The number of fused-ring (bicyclic) bond motifs is 1. The zero-order valence-corrected chi connectivity index (χ0v) is 16.3. The minimum atomic E-state index is -0.00790. The Morgan fingerprint density at radius 2 is 1.75 bits per heavy atom. The van der Waals surface area contributed by atoms with E-state index in [1.165, 1.54) is 10.8 Å². The second kappa shape index (κ2) is 7.47. The van der Waals surface area contributed by atoms with Gasteiger partial charge in [-0.1, -0.05) is 54.6 Å². The van der Waals surface area contributed by atoms with E-state index >= 15 is 0 Å². The summed E-state index contributed by atoms with van der Waals surface area (Å²) in [5, 5.41) is 2.41. The summed E-state index contributed by atoms with van der Waals surface area (Å²) in [4.78, 5) is 27.9. The van der Waals surface area contributed by atoms with Gasteiger partial charge in [0.05, 0.1) is 0 Å². The smallest absolute Gasteiger partial charge is 0.253 e. The van der Waals surface area contributed by atoms with E-state index < -0.39 is 0 Å². The highest BCUT2D eigenvalue weighted by Crippen LogP contribution is 2.29. The molecule has 3 aromatic rings. The number of hydrogen-bond acceptors (Lipinski definition) is 2. The van der Waals surface area contributed by atoms with Gasteiger partial charge in [0.1, 0.15) is 0 Å². The van der Waals surface area contributed by atoms with Gasteiger partial charge in [0.25, 0.3) is 5.91 Å². The van der Waals surface area contributed by atoms with Gasteiger partial charge in [0, 0.05) is 45.1 Å². The molecule has 4 rings (SSSR count). The first-order valence-corrected chi connectivity index (χ1v) is 9.60. The van der Waals surface area contributed by atoms with E-state index in [1.54, 1.807) is 9.80 Å². The van der Waals surface area contributed by atoms with Gasteiger partial charge >= 0.3 is 0 Å². The fourth-order valence-electron chi connectivity index (χ4n) is 4.04. The summed E-state index contributed by atoms with van der Waals surface area (Å²) >= 11 is 0. The molecule has 1 atom stereocenters. The Kier molecular flexibility index (Phi) is 4.86. The van der Waals surface area contributed by atoms with Crippen molar-refractivity contribution in [2.75, 3.05) is 27.2 Å². The van der Waals surface area contributed by atoms with Crippen LogP contribution in [0.5, 0.6) is 0 Å². The molecule has 0 aliphatic carbocycles. The highest BCUT2D eigenvalue weighted by Gasteiger charge is 2.28. The van der Waals surface area contributed by atoms with Crippen LogP contribution in [-0.4, -0.2) is 48.8 Å². The fraction of sp³-hybridized carbons (Fsp3) is 0.250. The number of benzene rings is 3. The molecule has 1 aliphatic rings. The summed E-state index contributed by atoms with van der Waals surface area (Å²) < 4.78 is 0. The predicted molar refractivity (Wildman–Crippen MR) is 112 cm³/mol. The third kappa shape index (κ3) is 3.50. The Balaban J connectivity index is 1.51. The Bertz CT molecular complexity index is 1020. The summed E-state index contributed by atoms with van der Waals surface area (Å²) in [6, 6.07) is 22.4. The molecule has 0 spiro atoms. The van der Waals surface area contributed by atoms with E-state index in [0.29, 0.717) is 18.5 Å². The first kappa shape index (κ1) is 18.2. The molecule has 1 unspecified atom stereocenters. The molecule has 4 heteroatoms. The lowest BCUT2D eigenvalue weighted by molar-refractivity contribution is -0.126. The van der Waals surface area contributed by atoms with Crippen molar-refractivity contribution in [1.82, 2.24) is 9.80 Å². The number of carbonyl (C=O) groups is 2. The van der Waals surface area contributed by atoms with E-state index in [9.17, 15) is 9.59 Å².